The van der Waals surface area contributed by atoms with E-state index >= 15 is 0 Å². The third kappa shape index (κ3) is 6.08. The Balaban J connectivity index is 1.11. The van der Waals surface area contributed by atoms with Gasteiger partial charge in [-0.3, -0.25) is 0 Å². The van der Waals surface area contributed by atoms with Gasteiger partial charge in [-0.15, -0.1) is 11.3 Å². The second-order valence-electron chi connectivity index (χ2n) is 27.6. The smallest absolute Gasteiger partial charge is 0.252 e. The first-order valence-electron chi connectivity index (χ1n) is 29.3. The van der Waals surface area contributed by atoms with E-state index in [4.69, 9.17) is 4.42 Å². The van der Waals surface area contributed by atoms with E-state index < -0.39 is 0 Å². The van der Waals surface area contributed by atoms with Gasteiger partial charge >= 0.3 is 0 Å². The number of hydrogen-bond donors (Lipinski definition) is 0. The number of thiophene rings is 1. The van der Waals surface area contributed by atoms with Crippen molar-refractivity contribution in [2.24, 2.45) is 0 Å². The average Bonchev–Trinajstić information content (AvgIpc) is 2.86. The highest BCUT2D eigenvalue weighted by Gasteiger charge is 2.58. The molecule has 2 atom stereocenters. The normalized spacial score (nSPS) is 22.7. The van der Waals surface area contributed by atoms with Gasteiger partial charge in [0.15, 0.2) is 0 Å². The van der Waals surface area contributed by atoms with E-state index in [1.54, 1.807) is 0 Å². The molecule has 1 fully saturated rings. The fraction of sp³-hybridized carbons (Fsp3) is 0.333. The molecule has 4 nitrogen and oxygen atoms in total. The minimum atomic E-state index is -0.155. The van der Waals surface area contributed by atoms with Gasteiger partial charge in [0.1, 0.15) is 11.2 Å². The molecule has 3 aliphatic heterocycles. The first-order chi connectivity index (χ1) is 37.4. The maximum atomic E-state index is 6.85. The van der Waals surface area contributed by atoms with Crippen LogP contribution in [-0.2, 0) is 27.1 Å². The summed E-state index contributed by atoms with van der Waals surface area (Å²) >= 11 is 1.92. The summed E-state index contributed by atoms with van der Waals surface area (Å²) in [5, 5.41) is 4.96. The summed E-state index contributed by atoms with van der Waals surface area (Å²) < 4.78 is 9.50. The van der Waals surface area contributed by atoms with Gasteiger partial charge in [0.25, 0.3) is 6.71 Å². The molecule has 78 heavy (non-hydrogen) atoms. The van der Waals surface area contributed by atoms with Crippen LogP contribution in [-0.4, -0.2) is 12.3 Å². The highest BCUT2D eigenvalue weighted by Crippen LogP contribution is 2.63. The molecule has 0 radical (unpaired) electrons. The van der Waals surface area contributed by atoms with Crippen molar-refractivity contribution in [3.8, 4) is 0 Å². The Kier molecular flexibility index (Phi) is 9.41. The van der Waals surface area contributed by atoms with Crippen LogP contribution in [0.4, 0.5) is 45.5 Å². The summed E-state index contributed by atoms with van der Waals surface area (Å²) in [5.74, 6) is 0. The van der Waals surface area contributed by atoms with Crippen LogP contribution in [0.5, 0.6) is 0 Å². The molecule has 0 N–H and O–H groups in total. The Morgan fingerprint density at radius 1 is 0.410 bits per heavy atom. The van der Waals surface area contributed by atoms with Crippen molar-refractivity contribution in [2.75, 3.05) is 14.7 Å². The number of nitrogens with zero attached hydrogens (tertiary/aromatic N) is 3. The van der Waals surface area contributed by atoms with Crippen LogP contribution >= 0.6 is 11.3 Å². The molecule has 0 amide bonds. The lowest BCUT2D eigenvalue weighted by Crippen LogP contribution is -2.62. The number of fused-ring (bicyclic) bond motifs is 15. The first kappa shape index (κ1) is 47.3. The highest BCUT2D eigenvalue weighted by atomic mass is 32.1. The minimum absolute atomic E-state index is 0.00121. The molecule has 6 aliphatic rings. The Morgan fingerprint density at radius 3 is 1.56 bits per heavy atom. The third-order valence-electron chi connectivity index (χ3n) is 21.5. The Hall–Kier alpha value is -6.76. The number of benzene rings is 8. The van der Waals surface area contributed by atoms with Gasteiger partial charge in [-0.2, -0.15) is 0 Å². The van der Waals surface area contributed by atoms with E-state index in [0.29, 0.717) is 0 Å². The van der Waals surface area contributed by atoms with Gasteiger partial charge in [-0.25, -0.2) is 0 Å². The predicted octanol–water partition coefficient (Wildman–Crippen LogP) is 18.5. The van der Waals surface area contributed by atoms with Crippen molar-refractivity contribution in [2.45, 2.75) is 153 Å². The lowest BCUT2D eigenvalue weighted by molar-refractivity contribution is 0.195. The number of hydrogen-bond acceptors (Lipinski definition) is 5. The van der Waals surface area contributed by atoms with Gasteiger partial charge in [-0.1, -0.05) is 154 Å². The second-order valence-corrected chi connectivity index (χ2v) is 28.7. The topological polar surface area (TPSA) is 22.9 Å². The molecule has 388 valence electrons. The number of anilines is 8. The fourth-order valence-electron chi connectivity index (χ4n) is 16.7. The molecule has 5 heterocycles. The summed E-state index contributed by atoms with van der Waals surface area (Å²) in [6.07, 6.45) is 9.37. The van der Waals surface area contributed by atoms with Crippen molar-refractivity contribution in [3.63, 3.8) is 0 Å². The zero-order chi connectivity index (χ0) is 53.2. The summed E-state index contributed by atoms with van der Waals surface area (Å²) in [6.45, 7) is 25.2. The van der Waals surface area contributed by atoms with Gasteiger partial charge in [0.05, 0.1) is 22.3 Å². The van der Waals surface area contributed by atoms with Gasteiger partial charge in [-0.05, 0) is 178 Å². The van der Waals surface area contributed by atoms with Crippen molar-refractivity contribution in [1.29, 1.82) is 0 Å². The summed E-state index contributed by atoms with van der Waals surface area (Å²) in [4.78, 5) is 8.34. The van der Waals surface area contributed by atoms with Crippen LogP contribution in [0.25, 0.3) is 42.1 Å². The number of para-hydroxylation sites is 2. The monoisotopic (exact) mass is 1040 g/mol. The van der Waals surface area contributed by atoms with E-state index in [0.717, 1.165) is 59.7 Å². The first-order valence-corrected chi connectivity index (χ1v) is 30.1. The Morgan fingerprint density at radius 2 is 0.910 bits per heavy atom. The molecular weight excluding hydrogens is 966 g/mol. The van der Waals surface area contributed by atoms with Gasteiger partial charge < -0.3 is 19.1 Å². The van der Waals surface area contributed by atoms with Crippen molar-refractivity contribution < 1.29 is 4.42 Å². The molecule has 1 saturated carbocycles. The SMILES string of the molecule is CC1(C)CCC(C)(C)c2cc3c(cc21)B1c2cc4c(cc2N(c2cccc5sc6ccccc6c25)c2cc(N5c6ccccc6C6(C)CCCCC56C)cc(c21)N3c1cccc2oc3ccccc3c12)C(C)(C)CCC4(C)C. The maximum absolute atomic E-state index is 6.85. The van der Waals surface area contributed by atoms with Crippen LogP contribution < -0.4 is 31.1 Å². The molecule has 10 aromatic rings. The number of furan rings is 1. The average molecular weight is 1040 g/mol. The molecule has 0 bridgehead atoms. The molecule has 6 heteroatoms. The molecule has 2 aromatic heterocycles. The predicted molar refractivity (Wildman–Crippen MR) is 334 cm³/mol. The van der Waals surface area contributed by atoms with E-state index in [-0.39, 0.29) is 39.3 Å². The molecule has 0 saturated heterocycles. The molecule has 2 unspecified atom stereocenters. The van der Waals surface area contributed by atoms with Crippen LogP contribution in [0.2, 0.25) is 0 Å². The van der Waals surface area contributed by atoms with Crippen LogP contribution in [0.15, 0.2) is 150 Å². The summed E-state index contributed by atoms with van der Waals surface area (Å²) in [6, 6.07) is 57.4. The number of rotatable bonds is 3. The Bertz CT molecular complexity index is 4040. The molecule has 8 aromatic carbocycles. The molecule has 0 spiro atoms. The van der Waals surface area contributed by atoms with Crippen molar-refractivity contribution in [1.82, 2.24) is 0 Å². The second kappa shape index (κ2) is 15.5. The van der Waals surface area contributed by atoms with E-state index in [1.165, 1.54) is 123 Å². The third-order valence-corrected chi connectivity index (χ3v) is 22.6. The van der Waals surface area contributed by atoms with Gasteiger partial charge in [0.2, 0.25) is 0 Å². The summed E-state index contributed by atoms with van der Waals surface area (Å²) in [5.41, 5.74) is 23.5. The lowest BCUT2D eigenvalue weighted by atomic mass is 9.32. The Labute approximate surface area is 465 Å². The quantitative estimate of drug-likeness (QED) is 0.165. The van der Waals surface area contributed by atoms with Crippen LogP contribution in [0, 0.1) is 0 Å². The van der Waals surface area contributed by atoms with Crippen LogP contribution in [0.1, 0.15) is 148 Å². The zero-order valence-corrected chi connectivity index (χ0v) is 48.1. The van der Waals surface area contributed by atoms with E-state index in [2.05, 4.69) is 230 Å². The zero-order valence-electron chi connectivity index (χ0n) is 47.2. The molecule has 3 aliphatic carbocycles. The van der Waals surface area contributed by atoms with E-state index in [1.807, 2.05) is 11.3 Å². The largest absolute Gasteiger partial charge is 0.456 e. The van der Waals surface area contributed by atoms with Crippen molar-refractivity contribution >= 4 is 122 Å². The van der Waals surface area contributed by atoms with E-state index in [9.17, 15) is 0 Å². The lowest BCUT2D eigenvalue weighted by Gasteiger charge is -2.51. The highest BCUT2D eigenvalue weighted by molar-refractivity contribution is 7.26. The standard InChI is InChI=1S/C72H70BN3OS/c1-67(2)33-35-69(5,6)49-41-56-51(39-47(49)67)73-52-40-48-50(70(7,8)36-34-68(48,3)4)42-57(52)75(55-26-20-30-63-65(55)45-22-12-16-29-62(45)78-63)59-38-43(76-53-24-14-13-23-46(53)71(9)31-17-18-32-72(71,76)10)37-58(66(59)73)74(56)54-25-19-28-61-64(54)44-21-11-15-27-60(44)77-61/h11-16,19-30,37-42H,17-18,31-36H2,1-10H3. The van der Waals surface area contributed by atoms with Gasteiger partial charge in [0, 0.05) is 65.1 Å². The molecular formula is C72H70BN3OS. The molecule has 16 rings (SSSR count). The van der Waals surface area contributed by atoms with Crippen molar-refractivity contribution in [3.05, 3.63) is 173 Å². The fourth-order valence-corrected chi connectivity index (χ4v) is 17.9. The summed E-state index contributed by atoms with van der Waals surface area (Å²) in [7, 11) is 0. The maximum Gasteiger partial charge on any atom is 0.252 e. The minimum Gasteiger partial charge on any atom is -0.456 e. The van der Waals surface area contributed by atoms with Crippen LogP contribution in [0.3, 0.4) is 0 Å².